The first-order chi connectivity index (χ1) is 8.69. The number of nitrogen functional groups attached to an aromatic ring is 1. The molecule has 94 valence electrons. The molecule has 2 N–H and O–H groups in total. The lowest BCUT2D eigenvalue weighted by molar-refractivity contribution is 0.945. The molecule has 0 fully saturated rings. The van der Waals surface area contributed by atoms with E-state index in [0.29, 0.717) is 5.82 Å². The van der Waals surface area contributed by atoms with Gasteiger partial charge in [0.25, 0.3) is 0 Å². The quantitative estimate of drug-likeness (QED) is 0.872. The van der Waals surface area contributed by atoms with E-state index in [2.05, 4.69) is 38.9 Å². The normalized spacial score (nSPS) is 10.6. The molecule has 0 aliphatic heterocycles. The molecule has 5 heteroatoms. The molecule has 0 aliphatic carbocycles. The number of aryl methyl sites for hydroxylation is 1. The van der Waals surface area contributed by atoms with E-state index in [0.717, 1.165) is 28.2 Å². The van der Waals surface area contributed by atoms with Crippen molar-refractivity contribution in [3.63, 3.8) is 0 Å². The number of nitrogens with two attached hydrogens (primary N) is 1. The van der Waals surface area contributed by atoms with Gasteiger partial charge >= 0.3 is 0 Å². The van der Waals surface area contributed by atoms with Crippen LogP contribution in [0.5, 0.6) is 0 Å². The van der Waals surface area contributed by atoms with Crippen LogP contribution in [0.2, 0.25) is 0 Å². The van der Waals surface area contributed by atoms with Gasteiger partial charge in [-0.05, 0) is 34.5 Å². The number of halogens is 1. The van der Waals surface area contributed by atoms with Crippen LogP contribution >= 0.6 is 27.7 Å². The van der Waals surface area contributed by atoms with Gasteiger partial charge in [-0.3, -0.25) is 0 Å². The van der Waals surface area contributed by atoms with E-state index in [1.807, 2.05) is 24.3 Å². The Balaban J connectivity index is 2.11. The summed E-state index contributed by atoms with van der Waals surface area (Å²) in [7, 11) is 0. The molecule has 0 aliphatic rings. The van der Waals surface area contributed by atoms with Crippen molar-refractivity contribution in [1.82, 2.24) is 9.97 Å². The first kappa shape index (κ1) is 13.4. The highest BCUT2D eigenvalue weighted by molar-refractivity contribution is 9.10. The lowest BCUT2D eigenvalue weighted by atomic mass is 10.3. The Morgan fingerprint density at radius 1 is 1.28 bits per heavy atom. The van der Waals surface area contributed by atoms with Gasteiger partial charge in [-0.15, -0.1) is 11.8 Å². The number of nitrogens with zero attached hydrogens (tertiary/aromatic N) is 2. The van der Waals surface area contributed by atoms with Crippen molar-refractivity contribution in [1.29, 1.82) is 0 Å². The number of aromatic nitrogens is 2. The molecule has 0 saturated carbocycles. The zero-order chi connectivity index (χ0) is 13.0. The van der Waals surface area contributed by atoms with Crippen LogP contribution in [-0.4, -0.2) is 9.97 Å². The Hall–Kier alpha value is -1.07. The van der Waals surface area contributed by atoms with Gasteiger partial charge in [-0.25, -0.2) is 9.97 Å². The molecule has 2 aromatic rings. The number of hydrogen-bond acceptors (Lipinski definition) is 4. The topological polar surface area (TPSA) is 51.8 Å². The first-order valence-electron chi connectivity index (χ1n) is 5.68. The minimum atomic E-state index is 0.546. The van der Waals surface area contributed by atoms with Crippen LogP contribution in [0.4, 0.5) is 5.82 Å². The fraction of sp³-hybridized carbons (Fsp3) is 0.231. The van der Waals surface area contributed by atoms with E-state index in [1.165, 1.54) is 4.90 Å². The predicted molar refractivity (Wildman–Crippen MR) is 79.5 cm³/mol. The number of thioether (sulfide) groups is 1. The average Bonchev–Trinajstić information content (AvgIpc) is 2.37. The molecular formula is C13H14BrN3S. The van der Waals surface area contributed by atoms with Gasteiger partial charge in [-0.2, -0.15) is 0 Å². The minimum absolute atomic E-state index is 0.546. The van der Waals surface area contributed by atoms with Gasteiger partial charge in [0.05, 0.1) is 5.75 Å². The van der Waals surface area contributed by atoms with Crippen molar-refractivity contribution in [2.75, 3.05) is 5.73 Å². The molecular weight excluding hydrogens is 310 g/mol. The molecule has 0 amide bonds. The molecule has 1 aromatic carbocycles. The van der Waals surface area contributed by atoms with Crippen LogP contribution in [0.1, 0.15) is 18.4 Å². The zero-order valence-corrected chi connectivity index (χ0v) is 12.5. The van der Waals surface area contributed by atoms with Crippen LogP contribution < -0.4 is 5.73 Å². The van der Waals surface area contributed by atoms with Crippen molar-refractivity contribution >= 4 is 33.5 Å². The highest BCUT2D eigenvalue weighted by Gasteiger charge is 2.04. The lowest BCUT2D eigenvalue weighted by Crippen LogP contribution is -2.01. The SMILES string of the molecule is CCc1cc(N)nc(CSc2ccccc2Br)n1. The van der Waals surface area contributed by atoms with E-state index in [1.54, 1.807) is 11.8 Å². The Bertz CT molecular complexity index is 546. The van der Waals surface area contributed by atoms with E-state index in [-0.39, 0.29) is 0 Å². The van der Waals surface area contributed by atoms with Gasteiger partial charge in [0.15, 0.2) is 0 Å². The lowest BCUT2D eigenvalue weighted by Gasteiger charge is -2.05. The van der Waals surface area contributed by atoms with Gasteiger partial charge in [0.1, 0.15) is 11.6 Å². The third-order valence-corrected chi connectivity index (χ3v) is 4.42. The molecule has 0 radical (unpaired) electrons. The van der Waals surface area contributed by atoms with Crippen LogP contribution in [0.15, 0.2) is 39.7 Å². The standard InChI is InChI=1S/C13H14BrN3S/c1-2-9-7-12(15)17-13(16-9)8-18-11-6-4-3-5-10(11)14/h3-7H,2,8H2,1H3,(H2,15,16,17). The maximum Gasteiger partial charge on any atom is 0.141 e. The summed E-state index contributed by atoms with van der Waals surface area (Å²) in [6.07, 6.45) is 0.874. The van der Waals surface area contributed by atoms with Crippen LogP contribution in [0, 0.1) is 0 Å². The fourth-order valence-corrected chi connectivity index (χ4v) is 2.95. The third-order valence-electron chi connectivity index (χ3n) is 2.40. The highest BCUT2D eigenvalue weighted by Crippen LogP contribution is 2.29. The molecule has 0 unspecified atom stereocenters. The van der Waals surface area contributed by atoms with Crippen LogP contribution in [-0.2, 0) is 12.2 Å². The first-order valence-corrected chi connectivity index (χ1v) is 7.46. The number of benzene rings is 1. The maximum absolute atomic E-state index is 5.76. The highest BCUT2D eigenvalue weighted by atomic mass is 79.9. The van der Waals surface area contributed by atoms with E-state index >= 15 is 0 Å². The second-order valence-corrected chi connectivity index (χ2v) is 5.64. The molecule has 18 heavy (non-hydrogen) atoms. The van der Waals surface area contributed by atoms with E-state index in [9.17, 15) is 0 Å². The van der Waals surface area contributed by atoms with Gasteiger partial charge in [-0.1, -0.05) is 19.1 Å². The van der Waals surface area contributed by atoms with Crippen molar-refractivity contribution in [3.8, 4) is 0 Å². The zero-order valence-electron chi connectivity index (χ0n) is 10.1. The fourth-order valence-electron chi connectivity index (χ4n) is 1.52. The largest absolute Gasteiger partial charge is 0.384 e. The van der Waals surface area contributed by atoms with Gasteiger partial charge < -0.3 is 5.73 Å². The summed E-state index contributed by atoms with van der Waals surface area (Å²) in [4.78, 5) is 9.91. The maximum atomic E-state index is 5.76. The average molecular weight is 324 g/mol. The van der Waals surface area contributed by atoms with Crippen molar-refractivity contribution in [2.45, 2.75) is 24.0 Å². The molecule has 0 saturated heterocycles. The Morgan fingerprint density at radius 2 is 2.06 bits per heavy atom. The molecule has 0 bridgehead atoms. The Labute approximate surface area is 119 Å². The summed E-state index contributed by atoms with van der Waals surface area (Å²) < 4.78 is 1.09. The Morgan fingerprint density at radius 3 is 2.78 bits per heavy atom. The molecule has 3 nitrogen and oxygen atoms in total. The Kier molecular flexibility index (Phi) is 4.60. The van der Waals surface area contributed by atoms with Crippen molar-refractivity contribution in [3.05, 3.63) is 46.3 Å². The summed E-state index contributed by atoms with van der Waals surface area (Å²) >= 11 is 5.23. The molecule has 0 spiro atoms. The molecule has 0 atom stereocenters. The second kappa shape index (κ2) is 6.20. The van der Waals surface area contributed by atoms with Crippen molar-refractivity contribution in [2.24, 2.45) is 0 Å². The summed E-state index contributed by atoms with van der Waals surface area (Å²) in [5.74, 6) is 2.05. The monoisotopic (exact) mass is 323 g/mol. The molecule has 1 heterocycles. The van der Waals surface area contributed by atoms with Gasteiger partial charge in [0.2, 0.25) is 0 Å². The second-order valence-electron chi connectivity index (χ2n) is 3.77. The van der Waals surface area contributed by atoms with Crippen molar-refractivity contribution < 1.29 is 0 Å². The number of anilines is 1. The smallest absolute Gasteiger partial charge is 0.141 e. The summed E-state index contributed by atoms with van der Waals surface area (Å²) in [5, 5.41) is 0. The molecule has 1 aromatic heterocycles. The van der Waals surface area contributed by atoms with Gasteiger partial charge in [0, 0.05) is 21.1 Å². The number of rotatable bonds is 4. The number of hydrogen-bond donors (Lipinski definition) is 1. The van der Waals surface area contributed by atoms with Crippen LogP contribution in [0.25, 0.3) is 0 Å². The predicted octanol–water partition coefficient (Wildman–Crippen LogP) is 3.68. The summed E-state index contributed by atoms with van der Waals surface area (Å²) in [5.41, 5.74) is 6.76. The summed E-state index contributed by atoms with van der Waals surface area (Å²) in [6, 6.07) is 9.94. The summed E-state index contributed by atoms with van der Waals surface area (Å²) in [6.45, 7) is 2.06. The van der Waals surface area contributed by atoms with E-state index in [4.69, 9.17) is 5.73 Å². The van der Waals surface area contributed by atoms with Crippen LogP contribution in [0.3, 0.4) is 0 Å². The molecule has 2 rings (SSSR count). The third kappa shape index (κ3) is 3.46. The minimum Gasteiger partial charge on any atom is -0.384 e. The van der Waals surface area contributed by atoms with E-state index < -0.39 is 0 Å².